The Balaban J connectivity index is 2.86. The lowest BCUT2D eigenvalue weighted by Gasteiger charge is -2.06. The highest BCUT2D eigenvalue weighted by Crippen LogP contribution is 2.34. The Kier molecular flexibility index (Phi) is 3.66. The van der Waals surface area contributed by atoms with Crippen molar-refractivity contribution in [1.82, 2.24) is 0 Å². The number of hydrogen-bond acceptors (Lipinski definition) is 2. The van der Waals surface area contributed by atoms with Gasteiger partial charge in [0.1, 0.15) is 0 Å². The first kappa shape index (κ1) is 11.5. The monoisotopic (exact) mass is 214 g/mol. The Morgan fingerprint density at radius 1 is 1.27 bits per heavy atom. The summed E-state index contributed by atoms with van der Waals surface area (Å²) in [6.07, 6.45) is 4.67. The molecule has 0 N–H and O–H groups in total. The number of hydrogen-bond donors (Lipinski definition) is 0. The third-order valence-corrected chi connectivity index (χ3v) is 1.59. The van der Waals surface area contributed by atoms with Crippen LogP contribution >= 0.6 is 0 Å². The summed E-state index contributed by atoms with van der Waals surface area (Å²) in [6, 6.07) is 0. The summed E-state index contributed by atoms with van der Waals surface area (Å²) in [5.41, 5.74) is 0. The van der Waals surface area contributed by atoms with Gasteiger partial charge in [0.05, 0.1) is 0 Å². The van der Waals surface area contributed by atoms with Crippen LogP contribution < -0.4 is 0 Å². The predicted molar refractivity (Wildman–Crippen MR) is 52.9 cm³/mol. The van der Waals surface area contributed by atoms with Gasteiger partial charge in [-0.15, -0.1) is 8.78 Å². The van der Waals surface area contributed by atoms with Gasteiger partial charge < -0.3 is 9.47 Å². The summed E-state index contributed by atoms with van der Waals surface area (Å²) < 4.78 is 34.0. The molecule has 0 aromatic carbocycles. The van der Waals surface area contributed by atoms with E-state index in [9.17, 15) is 8.78 Å². The van der Waals surface area contributed by atoms with Crippen molar-refractivity contribution in [3.8, 4) is 0 Å². The molecule has 0 saturated carbocycles. The van der Waals surface area contributed by atoms with Crippen LogP contribution in [0.5, 0.6) is 0 Å². The second-order valence-corrected chi connectivity index (χ2v) is 2.80. The normalized spacial score (nSPS) is 19.7. The lowest BCUT2D eigenvalue weighted by molar-refractivity contribution is -0.335. The molecule has 4 heteroatoms. The fourth-order valence-electron chi connectivity index (χ4n) is 0.990. The highest BCUT2D eigenvalue weighted by molar-refractivity contribution is 5.28. The third-order valence-electron chi connectivity index (χ3n) is 1.59. The van der Waals surface area contributed by atoms with Crippen LogP contribution in [0.4, 0.5) is 8.78 Å². The maximum atomic E-state index is 12.7. The van der Waals surface area contributed by atoms with Gasteiger partial charge in [-0.2, -0.15) is 0 Å². The van der Waals surface area contributed by atoms with Gasteiger partial charge in [0.25, 0.3) is 0 Å². The molecule has 1 aliphatic heterocycles. The molecule has 1 heterocycles. The van der Waals surface area contributed by atoms with E-state index in [1.165, 1.54) is 24.3 Å². The minimum absolute atomic E-state index is 0.00426. The van der Waals surface area contributed by atoms with Crippen molar-refractivity contribution in [2.24, 2.45) is 0 Å². The molecule has 0 fully saturated rings. The molecule has 0 aromatic rings. The highest BCUT2D eigenvalue weighted by Gasteiger charge is 2.43. The van der Waals surface area contributed by atoms with E-state index in [1.807, 2.05) is 6.92 Å². The summed E-state index contributed by atoms with van der Waals surface area (Å²) in [4.78, 5) is 0. The van der Waals surface area contributed by atoms with Gasteiger partial charge in [-0.3, -0.25) is 0 Å². The molecule has 0 bridgehead atoms. The zero-order valence-electron chi connectivity index (χ0n) is 8.37. The van der Waals surface area contributed by atoms with Crippen LogP contribution in [-0.4, -0.2) is 6.29 Å². The SMILES string of the molecule is C=C/C=C\C1=C(/C=C\CC)OC(F)(F)O1. The minimum atomic E-state index is -3.58. The fourth-order valence-corrected chi connectivity index (χ4v) is 0.990. The smallest absolute Gasteiger partial charge is 0.395 e. The largest absolute Gasteiger partial charge is 0.586 e. The van der Waals surface area contributed by atoms with E-state index < -0.39 is 6.29 Å². The Labute approximate surface area is 87.2 Å². The van der Waals surface area contributed by atoms with Crippen LogP contribution in [0.3, 0.4) is 0 Å². The molecule has 15 heavy (non-hydrogen) atoms. The first-order valence-corrected chi connectivity index (χ1v) is 4.55. The molecule has 0 atom stereocenters. The Morgan fingerprint density at radius 2 is 1.87 bits per heavy atom. The van der Waals surface area contributed by atoms with Crippen molar-refractivity contribution in [2.45, 2.75) is 19.6 Å². The first-order chi connectivity index (χ1) is 7.09. The van der Waals surface area contributed by atoms with Crippen LogP contribution in [0, 0.1) is 0 Å². The maximum Gasteiger partial charge on any atom is 0.586 e. The van der Waals surface area contributed by atoms with Gasteiger partial charge in [0.2, 0.25) is 0 Å². The zero-order valence-corrected chi connectivity index (χ0v) is 8.37. The number of rotatable bonds is 4. The molecule has 1 aliphatic rings. The van der Waals surface area contributed by atoms with Crippen LogP contribution in [-0.2, 0) is 9.47 Å². The second kappa shape index (κ2) is 4.77. The Morgan fingerprint density at radius 3 is 2.40 bits per heavy atom. The van der Waals surface area contributed by atoms with E-state index >= 15 is 0 Å². The molecule has 0 spiro atoms. The quantitative estimate of drug-likeness (QED) is 0.667. The number of allylic oxidation sites excluding steroid dienone is 5. The van der Waals surface area contributed by atoms with Crippen LogP contribution in [0.1, 0.15) is 13.3 Å². The van der Waals surface area contributed by atoms with Gasteiger partial charge in [0.15, 0.2) is 11.5 Å². The number of halogens is 2. The second-order valence-electron chi connectivity index (χ2n) is 2.80. The molecule has 0 radical (unpaired) electrons. The van der Waals surface area contributed by atoms with Crippen molar-refractivity contribution < 1.29 is 18.3 Å². The average Bonchev–Trinajstić information content (AvgIpc) is 2.47. The van der Waals surface area contributed by atoms with Gasteiger partial charge in [-0.25, -0.2) is 0 Å². The van der Waals surface area contributed by atoms with Gasteiger partial charge >= 0.3 is 6.29 Å². The van der Waals surface area contributed by atoms with E-state index in [1.54, 1.807) is 6.08 Å². The summed E-state index contributed by atoms with van der Waals surface area (Å²) in [6.45, 7) is 5.33. The van der Waals surface area contributed by atoms with E-state index in [0.29, 0.717) is 0 Å². The lowest BCUT2D eigenvalue weighted by atomic mass is 10.3. The number of alkyl halides is 2. The van der Waals surface area contributed by atoms with Crippen molar-refractivity contribution in [3.05, 3.63) is 48.5 Å². The van der Waals surface area contributed by atoms with E-state index in [4.69, 9.17) is 0 Å². The van der Waals surface area contributed by atoms with Crippen LogP contribution in [0.2, 0.25) is 0 Å². The van der Waals surface area contributed by atoms with Crippen molar-refractivity contribution in [1.29, 1.82) is 0 Å². The Hall–Kier alpha value is -1.58. The van der Waals surface area contributed by atoms with Crippen LogP contribution in [0.25, 0.3) is 0 Å². The van der Waals surface area contributed by atoms with Crippen LogP contribution in [0.15, 0.2) is 48.5 Å². The molecule has 0 saturated heterocycles. The molecule has 0 aliphatic carbocycles. The molecular weight excluding hydrogens is 202 g/mol. The Bertz CT molecular complexity index is 327. The maximum absolute atomic E-state index is 12.7. The molecule has 0 unspecified atom stereocenters. The zero-order chi connectivity index (χ0) is 11.3. The lowest BCUT2D eigenvalue weighted by Crippen LogP contribution is -2.16. The summed E-state index contributed by atoms with van der Waals surface area (Å²) in [5.74, 6) is 0.0320. The van der Waals surface area contributed by atoms with E-state index in [0.717, 1.165) is 6.42 Å². The molecule has 2 nitrogen and oxygen atoms in total. The van der Waals surface area contributed by atoms with Crippen molar-refractivity contribution in [2.75, 3.05) is 0 Å². The van der Waals surface area contributed by atoms with Gasteiger partial charge in [-0.1, -0.05) is 31.7 Å². The van der Waals surface area contributed by atoms with E-state index in [-0.39, 0.29) is 11.5 Å². The molecule has 1 rings (SSSR count). The van der Waals surface area contributed by atoms with Crippen molar-refractivity contribution in [3.63, 3.8) is 0 Å². The van der Waals surface area contributed by atoms with Gasteiger partial charge in [0, 0.05) is 0 Å². The molecular formula is C11H12F2O2. The fraction of sp³-hybridized carbons (Fsp3) is 0.273. The standard InChI is InChI=1S/C11H12F2O2/c1-3-5-7-9-10(8-6-4-2)15-11(12,13)14-9/h3,5-8H,1,4H2,2H3/b7-5-,8-6-. The molecule has 82 valence electrons. The molecule has 0 amide bonds. The molecule has 0 aromatic heterocycles. The first-order valence-electron chi connectivity index (χ1n) is 4.55. The predicted octanol–water partition coefficient (Wildman–Crippen LogP) is 3.50. The minimum Gasteiger partial charge on any atom is -0.395 e. The topological polar surface area (TPSA) is 18.5 Å². The van der Waals surface area contributed by atoms with E-state index in [2.05, 4.69) is 16.1 Å². The van der Waals surface area contributed by atoms with Gasteiger partial charge in [-0.05, 0) is 18.6 Å². The summed E-state index contributed by atoms with van der Waals surface area (Å²) in [5, 5.41) is 0. The van der Waals surface area contributed by atoms with Crippen molar-refractivity contribution >= 4 is 0 Å². The highest BCUT2D eigenvalue weighted by atomic mass is 19.3. The summed E-state index contributed by atoms with van der Waals surface area (Å²) in [7, 11) is 0. The third kappa shape index (κ3) is 3.23. The number of ether oxygens (including phenoxy) is 2. The summed E-state index contributed by atoms with van der Waals surface area (Å²) >= 11 is 0. The average molecular weight is 214 g/mol.